The van der Waals surface area contributed by atoms with Crippen molar-refractivity contribution in [3.63, 3.8) is 0 Å². The van der Waals surface area contributed by atoms with Crippen LogP contribution in [0, 0.1) is 11.8 Å². The number of urea groups is 1. The van der Waals surface area contributed by atoms with Gasteiger partial charge in [0.15, 0.2) is 0 Å². The Hall–Kier alpha value is -2.30. The third kappa shape index (κ3) is 4.45. The Kier molecular flexibility index (Phi) is 5.23. The smallest absolute Gasteiger partial charge is 0.315 e. The van der Waals surface area contributed by atoms with Gasteiger partial charge < -0.3 is 15.1 Å². The summed E-state index contributed by atoms with van der Waals surface area (Å²) in [6, 6.07) is 10.00. The molecule has 2 amide bonds. The number of aromatic nitrogens is 1. The summed E-state index contributed by atoms with van der Waals surface area (Å²) in [5.74, 6) is 2.27. The van der Waals surface area contributed by atoms with Crippen LogP contribution in [0.3, 0.4) is 0 Å². The second kappa shape index (κ2) is 7.94. The first-order valence-electron chi connectivity index (χ1n) is 9.78. The van der Waals surface area contributed by atoms with E-state index >= 15 is 0 Å². The molecule has 0 aliphatic heterocycles. The minimum Gasteiger partial charge on any atom is -0.447 e. The monoisotopic (exact) mass is 353 g/mol. The fourth-order valence-electron chi connectivity index (χ4n) is 4.20. The van der Waals surface area contributed by atoms with Crippen LogP contribution in [0.25, 0.3) is 0 Å². The van der Waals surface area contributed by atoms with Gasteiger partial charge in [-0.3, -0.25) is 0 Å². The minimum absolute atomic E-state index is 0.120. The molecule has 2 aromatic rings. The normalized spacial score (nSPS) is 24.0. The molecule has 1 aromatic carbocycles. The fraction of sp³-hybridized carbons (Fsp3) is 0.524. The summed E-state index contributed by atoms with van der Waals surface area (Å²) in [4.78, 5) is 16.9. The zero-order valence-electron chi connectivity index (χ0n) is 15.1. The lowest BCUT2D eigenvalue weighted by Crippen LogP contribution is -2.45. The van der Waals surface area contributed by atoms with Gasteiger partial charge in [0.1, 0.15) is 12.3 Å². The standard InChI is InChI=1S/C21H27N3O2/c25-21(23-18-8-4-7-17(14-18)16-9-10-16)24-19(20-22-11-12-26-20)13-15-5-2-1-3-6-15/h1-3,5-6,11-12,16-19H,4,7-10,13-14H2,(H2,23,24,25)/t17-,18+,19?/m0/s1. The van der Waals surface area contributed by atoms with Crippen LogP contribution in [0.5, 0.6) is 0 Å². The van der Waals surface area contributed by atoms with Gasteiger partial charge in [-0.05, 0) is 43.1 Å². The highest BCUT2D eigenvalue weighted by Crippen LogP contribution is 2.43. The zero-order chi connectivity index (χ0) is 17.8. The van der Waals surface area contributed by atoms with Crippen LogP contribution in [0.15, 0.2) is 47.2 Å². The molecule has 2 N–H and O–H groups in total. The van der Waals surface area contributed by atoms with E-state index in [2.05, 4.69) is 27.8 Å². The van der Waals surface area contributed by atoms with Gasteiger partial charge in [0, 0.05) is 12.5 Å². The Labute approximate surface area is 154 Å². The molecule has 0 bridgehead atoms. The van der Waals surface area contributed by atoms with E-state index in [1.807, 2.05) is 18.2 Å². The zero-order valence-corrected chi connectivity index (χ0v) is 15.1. The van der Waals surface area contributed by atoms with Gasteiger partial charge in [0.05, 0.1) is 6.20 Å². The third-order valence-corrected chi connectivity index (χ3v) is 5.68. The predicted molar refractivity (Wildman–Crippen MR) is 99.5 cm³/mol. The number of hydrogen-bond acceptors (Lipinski definition) is 3. The maximum Gasteiger partial charge on any atom is 0.315 e. The largest absolute Gasteiger partial charge is 0.447 e. The van der Waals surface area contributed by atoms with Crippen LogP contribution < -0.4 is 10.6 Å². The van der Waals surface area contributed by atoms with E-state index in [1.165, 1.54) is 25.7 Å². The number of carbonyl (C=O) groups is 1. The lowest BCUT2D eigenvalue weighted by Gasteiger charge is -2.30. The summed E-state index contributed by atoms with van der Waals surface area (Å²) < 4.78 is 5.46. The number of nitrogens with one attached hydrogen (secondary N) is 2. The average Bonchev–Trinajstić information content (AvgIpc) is 3.37. The molecular formula is C21H27N3O2. The number of hydrogen-bond donors (Lipinski definition) is 2. The second-order valence-electron chi connectivity index (χ2n) is 7.69. The van der Waals surface area contributed by atoms with Crippen molar-refractivity contribution in [1.82, 2.24) is 15.6 Å². The van der Waals surface area contributed by atoms with Crippen molar-refractivity contribution in [2.45, 2.75) is 57.0 Å². The SMILES string of the molecule is O=C(NC(Cc1ccccc1)c1ncco1)N[C@@H]1CCC[C@H](C2CC2)C1. The molecule has 2 aliphatic rings. The topological polar surface area (TPSA) is 67.2 Å². The van der Waals surface area contributed by atoms with Gasteiger partial charge in [0.2, 0.25) is 5.89 Å². The van der Waals surface area contributed by atoms with Crippen molar-refractivity contribution in [2.75, 3.05) is 0 Å². The molecule has 3 atom stereocenters. The van der Waals surface area contributed by atoms with Gasteiger partial charge in [-0.15, -0.1) is 0 Å². The molecule has 2 aliphatic carbocycles. The molecule has 0 spiro atoms. The number of amides is 2. The molecule has 4 rings (SSSR count). The van der Waals surface area contributed by atoms with Gasteiger partial charge in [0.25, 0.3) is 0 Å². The molecule has 5 nitrogen and oxygen atoms in total. The molecular weight excluding hydrogens is 326 g/mol. The maximum atomic E-state index is 12.6. The summed E-state index contributed by atoms with van der Waals surface area (Å²) in [7, 11) is 0. The number of nitrogens with zero attached hydrogens (tertiary/aromatic N) is 1. The number of carbonyl (C=O) groups excluding carboxylic acids is 1. The van der Waals surface area contributed by atoms with E-state index in [1.54, 1.807) is 12.5 Å². The summed E-state index contributed by atoms with van der Waals surface area (Å²) in [5, 5.41) is 6.26. The molecule has 1 aromatic heterocycles. The Morgan fingerprint density at radius 3 is 2.73 bits per heavy atom. The average molecular weight is 353 g/mol. The lowest BCUT2D eigenvalue weighted by molar-refractivity contribution is 0.215. The van der Waals surface area contributed by atoms with E-state index in [0.717, 1.165) is 30.2 Å². The highest BCUT2D eigenvalue weighted by molar-refractivity contribution is 5.74. The molecule has 0 radical (unpaired) electrons. The first kappa shape index (κ1) is 17.1. The highest BCUT2D eigenvalue weighted by Gasteiger charge is 2.35. The van der Waals surface area contributed by atoms with Gasteiger partial charge in [-0.25, -0.2) is 9.78 Å². The molecule has 2 saturated carbocycles. The van der Waals surface area contributed by atoms with Crippen molar-refractivity contribution < 1.29 is 9.21 Å². The number of oxazole rings is 1. The molecule has 1 heterocycles. The first-order valence-corrected chi connectivity index (χ1v) is 9.78. The Balaban J connectivity index is 1.36. The quantitative estimate of drug-likeness (QED) is 0.817. The van der Waals surface area contributed by atoms with Crippen molar-refractivity contribution in [2.24, 2.45) is 11.8 Å². The van der Waals surface area contributed by atoms with E-state index in [4.69, 9.17) is 4.42 Å². The van der Waals surface area contributed by atoms with Crippen LogP contribution in [0.1, 0.15) is 56.0 Å². The number of benzene rings is 1. The Bertz CT molecular complexity index is 697. The Morgan fingerprint density at radius 1 is 1.15 bits per heavy atom. The van der Waals surface area contributed by atoms with E-state index in [9.17, 15) is 4.79 Å². The van der Waals surface area contributed by atoms with Crippen LogP contribution >= 0.6 is 0 Å². The summed E-state index contributed by atoms with van der Waals surface area (Å²) >= 11 is 0. The number of rotatable bonds is 6. The third-order valence-electron chi connectivity index (χ3n) is 5.68. The Morgan fingerprint density at radius 2 is 2.00 bits per heavy atom. The second-order valence-corrected chi connectivity index (χ2v) is 7.69. The molecule has 1 unspecified atom stereocenters. The van der Waals surface area contributed by atoms with Crippen LogP contribution in [0.4, 0.5) is 4.79 Å². The van der Waals surface area contributed by atoms with Crippen LogP contribution in [-0.4, -0.2) is 17.1 Å². The molecule has 138 valence electrons. The first-order chi connectivity index (χ1) is 12.8. The van der Waals surface area contributed by atoms with Crippen LogP contribution in [-0.2, 0) is 6.42 Å². The van der Waals surface area contributed by atoms with Crippen molar-refractivity contribution in [1.29, 1.82) is 0 Å². The van der Waals surface area contributed by atoms with E-state index in [0.29, 0.717) is 12.3 Å². The highest BCUT2D eigenvalue weighted by atomic mass is 16.3. The van der Waals surface area contributed by atoms with Gasteiger partial charge in [-0.1, -0.05) is 43.2 Å². The summed E-state index contributed by atoms with van der Waals surface area (Å²) in [6.07, 6.45) is 11.3. The van der Waals surface area contributed by atoms with Gasteiger partial charge >= 0.3 is 6.03 Å². The van der Waals surface area contributed by atoms with E-state index < -0.39 is 0 Å². The fourth-order valence-corrected chi connectivity index (χ4v) is 4.20. The summed E-state index contributed by atoms with van der Waals surface area (Å²) in [5.41, 5.74) is 1.14. The summed E-state index contributed by atoms with van der Waals surface area (Å²) in [6.45, 7) is 0. The van der Waals surface area contributed by atoms with Crippen LogP contribution in [0.2, 0.25) is 0 Å². The maximum absolute atomic E-state index is 12.6. The molecule has 0 saturated heterocycles. The molecule has 26 heavy (non-hydrogen) atoms. The minimum atomic E-state index is -0.268. The lowest BCUT2D eigenvalue weighted by atomic mass is 9.83. The molecule has 2 fully saturated rings. The van der Waals surface area contributed by atoms with Gasteiger partial charge in [-0.2, -0.15) is 0 Å². The van der Waals surface area contributed by atoms with Crippen molar-refractivity contribution >= 4 is 6.03 Å². The predicted octanol–water partition coefficient (Wildman–Crippen LogP) is 4.23. The van der Waals surface area contributed by atoms with Crippen molar-refractivity contribution in [3.05, 3.63) is 54.2 Å². The van der Waals surface area contributed by atoms with E-state index in [-0.39, 0.29) is 18.1 Å². The van der Waals surface area contributed by atoms with Crippen molar-refractivity contribution in [3.8, 4) is 0 Å². The molecule has 5 heteroatoms.